The molecule has 0 aliphatic heterocycles. The number of carboxylic acid groups (broad SMARTS) is 2. The summed E-state index contributed by atoms with van der Waals surface area (Å²) in [5, 5.41) is 54.6. The zero-order valence-electron chi connectivity index (χ0n) is 10.7. The monoisotopic (exact) mass is 290 g/mol. The summed E-state index contributed by atoms with van der Waals surface area (Å²) in [6.45, 7) is -3.00. The number of carbonyl (C=O) groups is 2. The molecule has 0 saturated carbocycles. The zero-order valence-corrected chi connectivity index (χ0v) is 10.7. The van der Waals surface area contributed by atoms with Gasteiger partial charge in [-0.1, -0.05) is 11.8 Å². The first kappa shape index (κ1) is 18.3. The largest absolute Gasteiger partial charge is 0.481 e. The molecule has 6 N–H and O–H groups in total. The van der Waals surface area contributed by atoms with Gasteiger partial charge < -0.3 is 30.6 Å². The molecule has 0 heterocycles. The molecule has 0 aliphatic carbocycles. The summed E-state index contributed by atoms with van der Waals surface area (Å²) < 4.78 is 0. The highest BCUT2D eigenvalue weighted by molar-refractivity contribution is 5.80. The van der Waals surface area contributed by atoms with E-state index >= 15 is 0 Å². The summed E-state index contributed by atoms with van der Waals surface area (Å²) in [5.41, 5.74) is -2.14. The molecule has 0 aliphatic rings. The Morgan fingerprint density at radius 3 is 1.55 bits per heavy atom. The van der Waals surface area contributed by atoms with Gasteiger partial charge in [-0.3, -0.25) is 9.59 Å². The van der Waals surface area contributed by atoms with Gasteiger partial charge in [0.05, 0.1) is 26.4 Å². The van der Waals surface area contributed by atoms with E-state index in [1.54, 1.807) is 0 Å². The Kier molecular flexibility index (Phi) is 7.79. The fourth-order valence-corrected chi connectivity index (χ4v) is 1.90. The molecule has 0 aromatic heterocycles. The van der Waals surface area contributed by atoms with Gasteiger partial charge in [-0.15, -0.1) is 0 Å². The average Bonchev–Trinajstić information content (AvgIpc) is 2.39. The van der Waals surface area contributed by atoms with Crippen LogP contribution in [0.25, 0.3) is 0 Å². The standard InChI is InChI=1S/C12H18O8/c13-4-8(5-14)12(11(19)20,9(6-15)7-16)3-1-2-10(17)18/h8-9,13-16H,2,4-7H2,(H,17,18)(H,19,20). The van der Waals surface area contributed by atoms with Crippen molar-refractivity contribution in [2.24, 2.45) is 17.3 Å². The van der Waals surface area contributed by atoms with Gasteiger partial charge in [0, 0.05) is 11.8 Å². The van der Waals surface area contributed by atoms with Crippen molar-refractivity contribution in [1.29, 1.82) is 0 Å². The normalized spacial score (nSPS) is 11.3. The van der Waals surface area contributed by atoms with Gasteiger partial charge in [0.25, 0.3) is 0 Å². The van der Waals surface area contributed by atoms with E-state index in [2.05, 4.69) is 11.8 Å². The molecule has 114 valence electrons. The van der Waals surface area contributed by atoms with Crippen LogP contribution in [0.5, 0.6) is 0 Å². The van der Waals surface area contributed by atoms with Crippen molar-refractivity contribution in [3.8, 4) is 11.8 Å². The first-order valence-corrected chi connectivity index (χ1v) is 5.79. The SMILES string of the molecule is O=C(O)CC#CC(C(=O)O)(C(CO)CO)C(CO)CO. The van der Waals surface area contributed by atoms with Crippen LogP contribution in [0.4, 0.5) is 0 Å². The molecule has 20 heavy (non-hydrogen) atoms. The summed E-state index contributed by atoms with van der Waals surface area (Å²) in [6, 6.07) is 0. The van der Waals surface area contributed by atoms with Crippen LogP contribution in [-0.4, -0.2) is 69.0 Å². The van der Waals surface area contributed by atoms with Crippen molar-refractivity contribution in [2.45, 2.75) is 6.42 Å². The summed E-state index contributed by atoms with van der Waals surface area (Å²) >= 11 is 0. The second-order valence-corrected chi connectivity index (χ2v) is 4.17. The lowest BCUT2D eigenvalue weighted by Crippen LogP contribution is -2.49. The van der Waals surface area contributed by atoms with Crippen LogP contribution >= 0.6 is 0 Å². The number of rotatable bonds is 8. The minimum Gasteiger partial charge on any atom is -0.481 e. The molecule has 0 bridgehead atoms. The van der Waals surface area contributed by atoms with Crippen LogP contribution in [0.2, 0.25) is 0 Å². The molecule has 8 heteroatoms. The van der Waals surface area contributed by atoms with Crippen molar-refractivity contribution in [1.82, 2.24) is 0 Å². The van der Waals surface area contributed by atoms with Gasteiger partial charge in [0.1, 0.15) is 11.8 Å². The fraction of sp³-hybridized carbons (Fsp3) is 0.667. The molecule has 0 fully saturated rings. The van der Waals surface area contributed by atoms with Gasteiger partial charge >= 0.3 is 11.9 Å². The first-order chi connectivity index (χ1) is 9.40. The zero-order chi connectivity index (χ0) is 15.8. The Labute approximate surface area is 115 Å². The quantitative estimate of drug-likeness (QED) is 0.273. The maximum atomic E-state index is 11.5. The van der Waals surface area contributed by atoms with Crippen LogP contribution in [0.1, 0.15) is 6.42 Å². The predicted molar refractivity (Wildman–Crippen MR) is 65.4 cm³/mol. The third kappa shape index (κ3) is 3.91. The Balaban J connectivity index is 5.83. The van der Waals surface area contributed by atoms with Crippen LogP contribution < -0.4 is 0 Å². The van der Waals surface area contributed by atoms with Crippen LogP contribution in [0, 0.1) is 29.1 Å². The molecule has 8 nitrogen and oxygen atoms in total. The number of hydrogen-bond donors (Lipinski definition) is 6. The third-order valence-corrected chi connectivity index (χ3v) is 3.06. The van der Waals surface area contributed by atoms with Crippen molar-refractivity contribution in [2.75, 3.05) is 26.4 Å². The van der Waals surface area contributed by atoms with E-state index in [1.807, 2.05) is 0 Å². The molecule has 0 spiro atoms. The van der Waals surface area contributed by atoms with Crippen molar-refractivity contribution >= 4 is 11.9 Å². The van der Waals surface area contributed by atoms with E-state index in [1.165, 1.54) is 0 Å². The molecule has 0 aromatic rings. The van der Waals surface area contributed by atoms with E-state index in [-0.39, 0.29) is 0 Å². The summed E-state index contributed by atoms with van der Waals surface area (Å²) in [4.78, 5) is 21.9. The molecule has 0 saturated heterocycles. The number of aliphatic hydroxyl groups is 4. The lowest BCUT2D eigenvalue weighted by molar-refractivity contribution is -0.157. The molecular formula is C12H18O8. The number of aliphatic hydroxyl groups excluding tert-OH is 4. The molecule has 0 radical (unpaired) electrons. The second kappa shape index (κ2) is 8.50. The highest BCUT2D eigenvalue weighted by Crippen LogP contribution is 2.36. The van der Waals surface area contributed by atoms with Crippen LogP contribution in [-0.2, 0) is 9.59 Å². The summed E-state index contributed by atoms with van der Waals surface area (Å²) in [6.07, 6.45) is -0.637. The summed E-state index contributed by atoms with van der Waals surface area (Å²) in [5.74, 6) is -1.05. The fourth-order valence-electron chi connectivity index (χ4n) is 1.90. The molecule has 0 unspecified atom stereocenters. The molecule has 0 rings (SSSR count). The van der Waals surface area contributed by atoms with Crippen LogP contribution in [0.3, 0.4) is 0 Å². The highest BCUT2D eigenvalue weighted by Gasteiger charge is 2.50. The maximum Gasteiger partial charge on any atom is 0.322 e. The first-order valence-electron chi connectivity index (χ1n) is 5.79. The van der Waals surface area contributed by atoms with E-state index in [0.29, 0.717) is 0 Å². The molecule has 0 amide bonds. The molecule has 0 aromatic carbocycles. The average molecular weight is 290 g/mol. The second-order valence-electron chi connectivity index (χ2n) is 4.17. The van der Waals surface area contributed by atoms with Crippen molar-refractivity contribution < 1.29 is 40.2 Å². The van der Waals surface area contributed by atoms with Gasteiger partial charge in [0.15, 0.2) is 0 Å². The molecular weight excluding hydrogens is 272 g/mol. The van der Waals surface area contributed by atoms with E-state index < -0.39 is 62.0 Å². The molecule has 0 atom stereocenters. The van der Waals surface area contributed by atoms with Gasteiger partial charge in [-0.2, -0.15) is 0 Å². The Morgan fingerprint density at radius 2 is 1.30 bits per heavy atom. The Hall–Kier alpha value is -1.66. The lowest BCUT2D eigenvalue weighted by Gasteiger charge is -2.36. The Bertz CT molecular complexity index is 374. The van der Waals surface area contributed by atoms with E-state index in [0.717, 1.165) is 0 Å². The topological polar surface area (TPSA) is 156 Å². The predicted octanol–water partition coefficient (Wildman–Crippen LogP) is -2.26. The van der Waals surface area contributed by atoms with Crippen molar-refractivity contribution in [3.05, 3.63) is 0 Å². The summed E-state index contributed by atoms with van der Waals surface area (Å²) in [7, 11) is 0. The van der Waals surface area contributed by atoms with Gasteiger partial charge in [0.2, 0.25) is 0 Å². The minimum absolute atomic E-state index is 0.637. The minimum atomic E-state index is -2.14. The van der Waals surface area contributed by atoms with Crippen LogP contribution in [0.15, 0.2) is 0 Å². The van der Waals surface area contributed by atoms with E-state index in [4.69, 9.17) is 5.11 Å². The Morgan fingerprint density at radius 1 is 0.900 bits per heavy atom. The van der Waals surface area contributed by atoms with Gasteiger partial charge in [-0.05, 0) is 0 Å². The number of hydrogen-bond acceptors (Lipinski definition) is 6. The number of carboxylic acids is 2. The lowest BCUT2D eigenvalue weighted by atomic mass is 9.67. The maximum absolute atomic E-state index is 11.5. The highest BCUT2D eigenvalue weighted by atomic mass is 16.4. The number of aliphatic carboxylic acids is 2. The van der Waals surface area contributed by atoms with Gasteiger partial charge in [-0.25, -0.2) is 0 Å². The smallest absolute Gasteiger partial charge is 0.322 e. The third-order valence-electron chi connectivity index (χ3n) is 3.06. The van der Waals surface area contributed by atoms with E-state index in [9.17, 15) is 35.1 Å². The van der Waals surface area contributed by atoms with Crippen molar-refractivity contribution in [3.63, 3.8) is 0 Å².